The van der Waals surface area contributed by atoms with Crippen LogP contribution >= 0.6 is 0 Å². The second-order valence-corrected chi connectivity index (χ2v) is 6.36. The smallest absolute Gasteiger partial charge is 0.261 e. The number of nitrogens with one attached hydrogen (secondary N) is 1. The quantitative estimate of drug-likeness (QED) is 0.688. The van der Waals surface area contributed by atoms with Gasteiger partial charge in [-0.1, -0.05) is 48.5 Å². The molecule has 1 N–H and O–H groups in total. The highest BCUT2D eigenvalue weighted by molar-refractivity contribution is 5.81. The maximum absolute atomic E-state index is 12.5. The van der Waals surface area contributed by atoms with Crippen molar-refractivity contribution in [3.63, 3.8) is 0 Å². The van der Waals surface area contributed by atoms with Crippen molar-refractivity contribution in [3.05, 3.63) is 65.5 Å². The minimum atomic E-state index is -0.580. The standard InChI is InChI=1S/C21H23N3O3/c1-4-18(26-17-11-10-14(2)15(3)12-17)21(25)22-13-19-23-20(24-27-19)16-8-6-5-7-9-16/h5-12,18H,4,13H2,1-3H3,(H,22,25)/t18-/m1/s1. The Balaban J connectivity index is 1.59. The Morgan fingerprint density at radius 1 is 1.15 bits per heavy atom. The number of aryl methyl sites for hydroxylation is 2. The monoisotopic (exact) mass is 365 g/mol. The molecule has 0 unspecified atom stereocenters. The van der Waals surface area contributed by atoms with Crippen LogP contribution in [0, 0.1) is 13.8 Å². The first-order valence-corrected chi connectivity index (χ1v) is 8.96. The fourth-order valence-corrected chi connectivity index (χ4v) is 2.58. The molecule has 0 aliphatic carbocycles. The van der Waals surface area contributed by atoms with Gasteiger partial charge in [0, 0.05) is 5.56 Å². The topological polar surface area (TPSA) is 77.2 Å². The van der Waals surface area contributed by atoms with Crippen LogP contribution in [-0.4, -0.2) is 22.2 Å². The van der Waals surface area contributed by atoms with Crippen molar-refractivity contribution in [3.8, 4) is 17.1 Å². The molecule has 6 nitrogen and oxygen atoms in total. The van der Waals surface area contributed by atoms with Crippen molar-refractivity contribution >= 4 is 5.91 Å². The highest BCUT2D eigenvalue weighted by atomic mass is 16.5. The van der Waals surface area contributed by atoms with E-state index < -0.39 is 6.10 Å². The van der Waals surface area contributed by atoms with E-state index in [9.17, 15) is 4.79 Å². The molecule has 0 saturated carbocycles. The second-order valence-electron chi connectivity index (χ2n) is 6.36. The van der Waals surface area contributed by atoms with Gasteiger partial charge in [-0.05, 0) is 43.5 Å². The van der Waals surface area contributed by atoms with E-state index >= 15 is 0 Å². The number of ether oxygens (including phenoxy) is 1. The van der Waals surface area contributed by atoms with Crippen molar-refractivity contribution in [1.29, 1.82) is 0 Å². The van der Waals surface area contributed by atoms with Crippen molar-refractivity contribution in [1.82, 2.24) is 15.5 Å². The molecule has 0 spiro atoms. The summed E-state index contributed by atoms with van der Waals surface area (Å²) in [5.41, 5.74) is 3.18. The van der Waals surface area contributed by atoms with Gasteiger partial charge in [0.2, 0.25) is 11.7 Å². The zero-order valence-electron chi connectivity index (χ0n) is 15.7. The number of hydrogen-bond donors (Lipinski definition) is 1. The third kappa shape index (κ3) is 4.73. The zero-order chi connectivity index (χ0) is 19.2. The van der Waals surface area contributed by atoms with Crippen LogP contribution in [0.2, 0.25) is 0 Å². The summed E-state index contributed by atoms with van der Waals surface area (Å²) in [6.07, 6.45) is -0.0266. The molecule has 0 aliphatic rings. The SMILES string of the molecule is CC[C@@H](Oc1ccc(C)c(C)c1)C(=O)NCc1nc(-c2ccccc2)no1. The minimum Gasteiger partial charge on any atom is -0.481 e. The Bertz CT molecular complexity index is 906. The molecule has 0 bridgehead atoms. The van der Waals surface area contributed by atoms with Gasteiger partial charge in [0.05, 0.1) is 6.54 Å². The van der Waals surface area contributed by atoms with Crippen LogP contribution in [0.25, 0.3) is 11.4 Å². The van der Waals surface area contributed by atoms with Crippen LogP contribution in [0.5, 0.6) is 5.75 Å². The number of aromatic nitrogens is 2. The van der Waals surface area contributed by atoms with Crippen LogP contribution in [0.1, 0.15) is 30.4 Å². The Labute approximate surface area is 158 Å². The number of carbonyl (C=O) groups excluding carboxylic acids is 1. The number of amides is 1. The number of nitrogens with zero attached hydrogens (tertiary/aromatic N) is 2. The van der Waals surface area contributed by atoms with Gasteiger partial charge in [0.1, 0.15) is 5.75 Å². The van der Waals surface area contributed by atoms with Crippen LogP contribution in [0.15, 0.2) is 53.1 Å². The molecular weight excluding hydrogens is 342 g/mol. The molecular formula is C21H23N3O3. The van der Waals surface area contributed by atoms with Gasteiger partial charge < -0.3 is 14.6 Å². The van der Waals surface area contributed by atoms with Gasteiger partial charge in [-0.3, -0.25) is 4.79 Å². The average molecular weight is 365 g/mol. The summed E-state index contributed by atoms with van der Waals surface area (Å²) in [5.74, 6) is 1.32. The Hall–Kier alpha value is -3.15. The Morgan fingerprint density at radius 3 is 2.63 bits per heavy atom. The van der Waals surface area contributed by atoms with Gasteiger partial charge in [-0.25, -0.2) is 0 Å². The zero-order valence-corrected chi connectivity index (χ0v) is 15.7. The van der Waals surface area contributed by atoms with E-state index in [1.165, 1.54) is 5.56 Å². The fourth-order valence-electron chi connectivity index (χ4n) is 2.58. The summed E-state index contributed by atoms with van der Waals surface area (Å²) in [4.78, 5) is 16.8. The lowest BCUT2D eigenvalue weighted by molar-refractivity contribution is -0.128. The molecule has 0 saturated heterocycles. The van der Waals surface area contributed by atoms with Crippen molar-refractivity contribution in [2.45, 2.75) is 39.8 Å². The first-order valence-electron chi connectivity index (χ1n) is 8.96. The number of hydrogen-bond acceptors (Lipinski definition) is 5. The van der Waals surface area contributed by atoms with E-state index in [2.05, 4.69) is 15.5 Å². The first kappa shape index (κ1) is 18.6. The van der Waals surface area contributed by atoms with Crippen LogP contribution < -0.4 is 10.1 Å². The van der Waals surface area contributed by atoms with E-state index in [0.717, 1.165) is 11.1 Å². The normalized spacial score (nSPS) is 11.8. The molecule has 6 heteroatoms. The van der Waals surface area contributed by atoms with Gasteiger partial charge in [-0.2, -0.15) is 4.98 Å². The van der Waals surface area contributed by atoms with Crippen molar-refractivity contribution < 1.29 is 14.1 Å². The van der Waals surface area contributed by atoms with Gasteiger partial charge >= 0.3 is 0 Å². The van der Waals surface area contributed by atoms with E-state index in [0.29, 0.717) is 23.9 Å². The van der Waals surface area contributed by atoms with E-state index in [4.69, 9.17) is 9.26 Å². The molecule has 1 amide bonds. The van der Waals surface area contributed by atoms with Gasteiger partial charge in [0.15, 0.2) is 6.10 Å². The van der Waals surface area contributed by atoms with Crippen LogP contribution in [0.3, 0.4) is 0 Å². The molecule has 0 fully saturated rings. The lowest BCUT2D eigenvalue weighted by Gasteiger charge is -2.17. The van der Waals surface area contributed by atoms with E-state index in [1.807, 2.05) is 69.3 Å². The predicted molar refractivity (Wildman–Crippen MR) is 102 cm³/mol. The number of benzene rings is 2. The summed E-state index contributed by atoms with van der Waals surface area (Å²) < 4.78 is 11.1. The summed E-state index contributed by atoms with van der Waals surface area (Å²) in [6.45, 7) is 6.12. The van der Waals surface area contributed by atoms with Crippen LogP contribution in [0.4, 0.5) is 0 Å². The van der Waals surface area contributed by atoms with E-state index in [1.54, 1.807) is 0 Å². The van der Waals surface area contributed by atoms with E-state index in [-0.39, 0.29) is 12.5 Å². The largest absolute Gasteiger partial charge is 0.481 e. The predicted octanol–water partition coefficient (Wildman–Crippen LogP) is 3.83. The molecule has 0 aliphatic heterocycles. The lowest BCUT2D eigenvalue weighted by atomic mass is 10.1. The van der Waals surface area contributed by atoms with Gasteiger partial charge in [-0.15, -0.1) is 0 Å². The maximum atomic E-state index is 12.5. The lowest BCUT2D eigenvalue weighted by Crippen LogP contribution is -2.37. The third-order valence-corrected chi connectivity index (χ3v) is 4.33. The van der Waals surface area contributed by atoms with Crippen molar-refractivity contribution in [2.75, 3.05) is 0 Å². The summed E-state index contributed by atoms with van der Waals surface area (Å²) in [7, 11) is 0. The third-order valence-electron chi connectivity index (χ3n) is 4.33. The van der Waals surface area contributed by atoms with Crippen LogP contribution in [-0.2, 0) is 11.3 Å². The number of carbonyl (C=O) groups is 1. The molecule has 1 atom stereocenters. The molecule has 0 radical (unpaired) electrons. The molecule has 2 aromatic carbocycles. The number of rotatable bonds is 7. The van der Waals surface area contributed by atoms with Gasteiger partial charge in [0.25, 0.3) is 5.91 Å². The maximum Gasteiger partial charge on any atom is 0.261 e. The second kappa shape index (κ2) is 8.49. The summed E-state index contributed by atoms with van der Waals surface area (Å²) in [6, 6.07) is 15.3. The first-order chi connectivity index (χ1) is 13.1. The highest BCUT2D eigenvalue weighted by Gasteiger charge is 2.19. The Kier molecular flexibility index (Phi) is 5.86. The average Bonchev–Trinajstić information content (AvgIpc) is 3.16. The molecule has 1 heterocycles. The summed E-state index contributed by atoms with van der Waals surface area (Å²) in [5, 5.41) is 6.75. The highest BCUT2D eigenvalue weighted by Crippen LogP contribution is 2.19. The Morgan fingerprint density at radius 2 is 1.93 bits per heavy atom. The summed E-state index contributed by atoms with van der Waals surface area (Å²) >= 11 is 0. The fraction of sp³-hybridized carbons (Fsp3) is 0.286. The molecule has 3 rings (SSSR count). The van der Waals surface area contributed by atoms with Crippen molar-refractivity contribution in [2.24, 2.45) is 0 Å². The molecule has 140 valence electrons. The minimum absolute atomic E-state index is 0.158. The molecule has 1 aromatic heterocycles. The molecule has 3 aromatic rings. The molecule has 27 heavy (non-hydrogen) atoms.